The van der Waals surface area contributed by atoms with Crippen LogP contribution < -0.4 is 4.72 Å². The highest BCUT2D eigenvalue weighted by Gasteiger charge is 2.26. The molecule has 1 saturated heterocycles. The number of aryl methyl sites for hydroxylation is 2. The van der Waals surface area contributed by atoms with E-state index in [1.807, 2.05) is 18.2 Å². The minimum atomic E-state index is -3.48. The average Bonchev–Trinajstić information content (AvgIpc) is 3.36. The van der Waals surface area contributed by atoms with E-state index >= 15 is 0 Å². The van der Waals surface area contributed by atoms with Crippen LogP contribution in [0.3, 0.4) is 0 Å². The highest BCUT2D eigenvalue weighted by atomic mass is 32.2. The van der Waals surface area contributed by atoms with Gasteiger partial charge in [-0.15, -0.1) is 11.3 Å². The summed E-state index contributed by atoms with van der Waals surface area (Å²) in [4.78, 5) is 4.05. The van der Waals surface area contributed by atoms with E-state index < -0.39 is 10.0 Å². The number of likely N-dealkylation sites (tertiary alicyclic amines) is 1. The van der Waals surface area contributed by atoms with Crippen molar-refractivity contribution in [3.8, 4) is 0 Å². The maximum atomic E-state index is 12.9. The first-order chi connectivity index (χ1) is 12.6. The summed E-state index contributed by atoms with van der Waals surface area (Å²) in [5.74, 6) is 0. The molecule has 2 aliphatic rings. The van der Waals surface area contributed by atoms with Gasteiger partial charge in [0.25, 0.3) is 0 Å². The standard InChI is InChI=1S/C20H26N2O2S2/c23-26(24,18-10-9-16-6-1-2-7-17(16)14-18)21-15-19(20-8-5-13-25-20)22-11-3-4-12-22/h5,8-10,13-14,19,21H,1-4,6-7,11-12,15H2. The fourth-order valence-electron chi connectivity index (χ4n) is 4.09. The van der Waals surface area contributed by atoms with Gasteiger partial charge in [-0.1, -0.05) is 12.1 Å². The summed E-state index contributed by atoms with van der Waals surface area (Å²) in [6, 6.07) is 9.93. The van der Waals surface area contributed by atoms with E-state index in [1.54, 1.807) is 17.4 Å². The summed E-state index contributed by atoms with van der Waals surface area (Å²) in [6.07, 6.45) is 6.80. The van der Waals surface area contributed by atoms with Gasteiger partial charge in [-0.25, -0.2) is 13.1 Å². The van der Waals surface area contributed by atoms with Gasteiger partial charge in [0.2, 0.25) is 10.0 Å². The fraction of sp³-hybridized carbons (Fsp3) is 0.500. The lowest BCUT2D eigenvalue weighted by atomic mass is 9.92. The van der Waals surface area contributed by atoms with Crippen molar-refractivity contribution in [2.75, 3.05) is 19.6 Å². The van der Waals surface area contributed by atoms with Crippen LogP contribution in [0.5, 0.6) is 0 Å². The first-order valence-corrected chi connectivity index (χ1v) is 11.9. The van der Waals surface area contributed by atoms with Crippen LogP contribution in [0.25, 0.3) is 0 Å². The molecule has 1 aliphatic heterocycles. The van der Waals surface area contributed by atoms with Crippen LogP contribution in [0.1, 0.15) is 47.7 Å². The van der Waals surface area contributed by atoms with E-state index in [1.165, 1.54) is 35.3 Å². The van der Waals surface area contributed by atoms with Crippen molar-refractivity contribution in [2.45, 2.75) is 49.5 Å². The number of thiophene rings is 1. The lowest BCUT2D eigenvalue weighted by Gasteiger charge is -2.27. The van der Waals surface area contributed by atoms with Gasteiger partial charge in [0.1, 0.15) is 0 Å². The van der Waals surface area contributed by atoms with Crippen LogP contribution >= 0.6 is 11.3 Å². The van der Waals surface area contributed by atoms with Crippen molar-refractivity contribution < 1.29 is 8.42 Å². The highest BCUT2D eigenvalue weighted by molar-refractivity contribution is 7.89. The third-order valence-electron chi connectivity index (χ3n) is 5.55. The van der Waals surface area contributed by atoms with Crippen LogP contribution in [0.2, 0.25) is 0 Å². The normalized spacial score (nSPS) is 19.4. The molecular weight excluding hydrogens is 364 g/mol. The number of fused-ring (bicyclic) bond motifs is 1. The van der Waals surface area contributed by atoms with Crippen LogP contribution in [-0.2, 0) is 22.9 Å². The number of nitrogens with zero attached hydrogens (tertiary/aromatic N) is 1. The molecule has 0 spiro atoms. The van der Waals surface area contributed by atoms with Crippen molar-refractivity contribution in [3.63, 3.8) is 0 Å². The third kappa shape index (κ3) is 3.88. The average molecular weight is 391 g/mol. The van der Waals surface area contributed by atoms with Crippen molar-refractivity contribution >= 4 is 21.4 Å². The number of benzene rings is 1. The molecule has 0 bridgehead atoms. The van der Waals surface area contributed by atoms with E-state index in [0.717, 1.165) is 32.4 Å². The molecule has 1 aromatic heterocycles. The number of hydrogen-bond acceptors (Lipinski definition) is 4. The molecule has 0 saturated carbocycles. The van der Waals surface area contributed by atoms with Gasteiger partial charge < -0.3 is 0 Å². The summed E-state index contributed by atoms with van der Waals surface area (Å²) < 4.78 is 28.6. The zero-order valence-corrected chi connectivity index (χ0v) is 16.6. The smallest absolute Gasteiger partial charge is 0.240 e. The number of sulfonamides is 1. The Morgan fingerprint density at radius 3 is 2.54 bits per heavy atom. The number of nitrogens with one attached hydrogen (secondary N) is 1. The first kappa shape index (κ1) is 18.2. The van der Waals surface area contributed by atoms with Gasteiger partial charge in [0.05, 0.1) is 10.9 Å². The minimum absolute atomic E-state index is 0.130. The summed E-state index contributed by atoms with van der Waals surface area (Å²) in [5, 5.41) is 2.07. The molecule has 4 rings (SSSR count). The van der Waals surface area contributed by atoms with Crippen molar-refractivity contribution in [3.05, 3.63) is 51.7 Å². The zero-order valence-electron chi connectivity index (χ0n) is 15.0. The largest absolute Gasteiger partial charge is 0.294 e. The Morgan fingerprint density at radius 2 is 1.81 bits per heavy atom. The monoisotopic (exact) mass is 390 g/mol. The molecule has 1 unspecified atom stereocenters. The molecule has 6 heteroatoms. The predicted octanol–water partition coefficient (Wildman–Crippen LogP) is 3.74. The molecule has 0 amide bonds. The Balaban J connectivity index is 1.51. The van der Waals surface area contributed by atoms with Crippen molar-refractivity contribution in [2.24, 2.45) is 0 Å². The number of hydrogen-bond donors (Lipinski definition) is 1. The maximum Gasteiger partial charge on any atom is 0.240 e. The quantitative estimate of drug-likeness (QED) is 0.817. The molecule has 1 atom stereocenters. The third-order valence-corrected chi connectivity index (χ3v) is 7.94. The lowest BCUT2D eigenvalue weighted by molar-refractivity contribution is 0.250. The van der Waals surface area contributed by atoms with Crippen LogP contribution in [0.15, 0.2) is 40.6 Å². The Labute approximate surface area is 160 Å². The molecule has 1 aliphatic carbocycles. The molecule has 1 N–H and O–H groups in total. The maximum absolute atomic E-state index is 12.9. The van der Waals surface area contributed by atoms with E-state index in [-0.39, 0.29) is 6.04 Å². The first-order valence-electron chi connectivity index (χ1n) is 9.52. The molecule has 1 fully saturated rings. The molecule has 2 aromatic rings. The van der Waals surface area contributed by atoms with E-state index in [9.17, 15) is 8.42 Å². The van der Waals surface area contributed by atoms with Crippen LogP contribution in [0, 0.1) is 0 Å². The second-order valence-corrected chi connectivity index (χ2v) is 10.0. The zero-order chi connectivity index (χ0) is 18.0. The lowest BCUT2D eigenvalue weighted by Crippen LogP contribution is -2.36. The van der Waals surface area contributed by atoms with Crippen molar-refractivity contribution in [1.82, 2.24) is 9.62 Å². The molecule has 0 radical (unpaired) electrons. The van der Waals surface area contributed by atoms with Crippen LogP contribution in [0.4, 0.5) is 0 Å². The number of rotatable bonds is 6. The van der Waals surface area contributed by atoms with Gasteiger partial charge in [-0.05, 0) is 86.3 Å². The van der Waals surface area contributed by atoms with Crippen LogP contribution in [-0.4, -0.2) is 33.0 Å². The SMILES string of the molecule is O=S(=O)(NCC(c1cccs1)N1CCCC1)c1ccc2c(c1)CCCC2. The second-order valence-electron chi connectivity index (χ2n) is 7.26. The fourth-order valence-corrected chi connectivity index (χ4v) is 6.04. The summed E-state index contributed by atoms with van der Waals surface area (Å²) in [6.45, 7) is 2.52. The Kier molecular flexibility index (Phi) is 5.45. The van der Waals surface area contributed by atoms with E-state index in [2.05, 4.69) is 21.1 Å². The highest BCUT2D eigenvalue weighted by Crippen LogP contribution is 2.29. The van der Waals surface area contributed by atoms with E-state index in [4.69, 9.17) is 0 Å². The minimum Gasteiger partial charge on any atom is -0.294 e. The van der Waals surface area contributed by atoms with Gasteiger partial charge in [0, 0.05) is 11.4 Å². The molecular formula is C20H26N2O2S2. The van der Waals surface area contributed by atoms with Gasteiger partial charge in [-0.2, -0.15) is 0 Å². The summed E-state index contributed by atoms with van der Waals surface area (Å²) >= 11 is 1.71. The topological polar surface area (TPSA) is 49.4 Å². The second kappa shape index (κ2) is 7.80. The molecule has 140 valence electrons. The van der Waals surface area contributed by atoms with Gasteiger partial charge in [0.15, 0.2) is 0 Å². The van der Waals surface area contributed by atoms with Crippen molar-refractivity contribution in [1.29, 1.82) is 0 Å². The molecule has 4 nitrogen and oxygen atoms in total. The Bertz CT molecular complexity index is 841. The van der Waals surface area contributed by atoms with Gasteiger partial charge in [-0.3, -0.25) is 4.90 Å². The Morgan fingerprint density at radius 1 is 1.04 bits per heavy atom. The molecule has 2 heterocycles. The van der Waals surface area contributed by atoms with E-state index in [0.29, 0.717) is 11.4 Å². The molecule has 26 heavy (non-hydrogen) atoms. The van der Waals surface area contributed by atoms with Gasteiger partial charge >= 0.3 is 0 Å². The molecule has 1 aromatic carbocycles. The summed E-state index contributed by atoms with van der Waals surface area (Å²) in [7, 11) is -3.48. The summed E-state index contributed by atoms with van der Waals surface area (Å²) in [5.41, 5.74) is 2.51. The predicted molar refractivity (Wildman–Crippen MR) is 106 cm³/mol. The Hall–Kier alpha value is -1.21.